The van der Waals surface area contributed by atoms with Crippen molar-refractivity contribution in [3.63, 3.8) is 0 Å². The number of carbonyl (C=O) groups is 1. The summed E-state index contributed by atoms with van der Waals surface area (Å²) in [4.78, 5) is 31.8. The highest BCUT2D eigenvalue weighted by Crippen LogP contribution is 2.32. The third-order valence-corrected chi connectivity index (χ3v) is 7.33. The van der Waals surface area contributed by atoms with Crippen molar-refractivity contribution in [1.82, 2.24) is 9.55 Å². The van der Waals surface area contributed by atoms with Crippen LogP contribution in [0.3, 0.4) is 0 Å². The van der Waals surface area contributed by atoms with Gasteiger partial charge >= 0.3 is 0 Å². The number of rotatable bonds is 6. The summed E-state index contributed by atoms with van der Waals surface area (Å²) in [6, 6.07) is 6.95. The molecule has 0 saturated carbocycles. The van der Waals surface area contributed by atoms with Gasteiger partial charge in [0.15, 0.2) is 10.9 Å². The summed E-state index contributed by atoms with van der Waals surface area (Å²) in [5.74, 6) is 0.559. The Morgan fingerprint density at radius 3 is 2.82 bits per heavy atom. The van der Waals surface area contributed by atoms with Crippen LogP contribution in [0.15, 0.2) is 44.9 Å². The third kappa shape index (κ3) is 3.92. The maximum Gasteiger partial charge on any atom is 0.263 e. The van der Waals surface area contributed by atoms with E-state index in [4.69, 9.17) is 27.6 Å². The molecule has 0 radical (unpaired) electrons. The summed E-state index contributed by atoms with van der Waals surface area (Å²) < 4.78 is 7.74. The van der Waals surface area contributed by atoms with Gasteiger partial charge in [-0.2, -0.15) is 0 Å². The molecule has 0 amide bonds. The Bertz CT molecular complexity index is 1230. The number of ketones is 1. The van der Waals surface area contributed by atoms with Crippen molar-refractivity contribution in [2.45, 2.75) is 18.6 Å². The minimum absolute atomic E-state index is 0.0905. The van der Waals surface area contributed by atoms with Gasteiger partial charge < -0.3 is 4.42 Å². The monoisotopic (exact) mass is 470 g/mol. The fourth-order valence-corrected chi connectivity index (χ4v) is 5.97. The van der Waals surface area contributed by atoms with E-state index in [1.165, 1.54) is 27.7 Å². The van der Waals surface area contributed by atoms with Crippen molar-refractivity contribution in [2.24, 2.45) is 0 Å². The molecule has 0 atom stereocenters. The van der Waals surface area contributed by atoms with E-state index in [0.29, 0.717) is 35.4 Å². The molecule has 10 heteroatoms. The number of nitrogens with zero attached hydrogens (tertiary/aromatic N) is 2. The van der Waals surface area contributed by atoms with Crippen LogP contribution in [0.5, 0.6) is 0 Å². The normalized spacial score (nSPS) is 11.4. The van der Waals surface area contributed by atoms with Gasteiger partial charge in [0, 0.05) is 10.4 Å². The van der Waals surface area contributed by atoms with Crippen molar-refractivity contribution in [3.05, 3.63) is 65.8 Å². The smallest absolute Gasteiger partial charge is 0.263 e. The molecule has 4 aromatic rings. The van der Waals surface area contributed by atoms with E-state index in [0.717, 1.165) is 16.2 Å². The first-order valence-electron chi connectivity index (χ1n) is 8.06. The van der Waals surface area contributed by atoms with Crippen molar-refractivity contribution in [2.75, 3.05) is 5.75 Å². The number of furan rings is 1. The highest BCUT2D eigenvalue weighted by atomic mass is 35.5. The third-order valence-electron chi connectivity index (χ3n) is 3.92. The molecule has 0 aliphatic heterocycles. The highest BCUT2D eigenvalue weighted by molar-refractivity contribution is 7.99. The molecule has 0 aromatic carbocycles. The quantitative estimate of drug-likeness (QED) is 0.204. The summed E-state index contributed by atoms with van der Waals surface area (Å²) in [5, 5.41) is 1.03. The first kappa shape index (κ1) is 19.7. The standard InChI is InChI=1S/C18H12Cl2N2O3S3/c1-9-5-12-16(27-9)21-18(22(17(12)24)7-10-3-2-4-25-10)26-8-13(23)11-6-14(19)28-15(11)20/h2-6H,7-8H2,1H3. The van der Waals surface area contributed by atoms with Crippen LogP contribution >= 0.6 is 57.6 Å². The van der Waals surface area contributed by atoms with Crippen LogP contribution in [0, 0.1) is 6.92 Å². The largest absolute Gasteiger partial charge is 0.467 e. The second kappa shape index (κ2) is 8.04. The minimum atomic E-state index is -0.167. The average Bonchev–Trinajstić information content (AvgIpc) is 3.36. The molecular weight excluding hydrogens is 459 g/mol. The Morgan fingerprint density at radius 1 is 1.32 bits per heavy atom. The Labute approximate surface area is 181 Å². The average molecular weight is 471 g/mol. The van der Waals surface area contributed by atoms with Crippen LogP contribution in [-0.2, 0) is 6.54 Å². The summed E-state index contributed by atoms with van der Waals surface area (Å²) in [6.45, 7) is 2.17. The van der Waals surface area contributed by atoms with Crippen LogP contribution in [0.25, 0.3) is 10.2 Å². The zero-order valence-corrected chi connectivity index (χ0v) is 18.4. The van der Waals surface area contributed by atoms with E-state index in [1.54, 1.807) is 24.5 Å². The van der Waals surface area contributed by atoms with Gasteiger partial charge in [0.25, 0.3) is 5.56 Å². The van der Waals surface area contributed by atoms with Gasteiger partial charge in [-0.25, -0.2) is 4.98 Å². The molecule has 4 aromatic heterocycles. The topological polar surface area (TPSA) is 65.1 Å². The van der Waals surface area contributed by atoms with E-state index in [1.807, 2.05) is 13.0 Å². The molecule has 0 saturated heterocycles. The zero-order valence-electron chi connectivity index (χ0n) is 14.4. The lowest BCUT2D eigenvalue weighted by molar-refractivity contribution is 0.102. The predicted molar refractivity (Wildman–Crippen MR) is 116 cm³/mol. The molecule has 5 nitrogen and oxygen atoms in total. The number of carbonyl (C=O) groups excluding carboxylic acids is 1. The fraction of sp³-hybridized carbons (Fsp3) is 0.167. The van der Waals surface area contributed by atoms with Gasteiger partial charge in [-0.1, -0.05) is 35.0 Å². The summed E-state index contributed by atoms with van der Waals surface area (Å²) in [7, 11) is 0. The summed E-state index contributed by atoms with van der Waals surface area (Å²) in [5.41, 5.74) is 0.231. The van der Waals surface area contributed by atoms with E-state index < -0.39 is 0 Å². The van der Waals surface area contributed by atoms with Crippen LogP contribution < -0.4 is 5.56 Å². The number of aromatic nitrogens is 2. The van der Waals surface area contributed by atoms with Gasteiger partial charge in [-0.3, -0.25) is 14.2 Å². The van der Waals surface area contributed by atoms with Gasteiger partial charge in [-0.05, 0) is 31.2 Å². The number of hydrogen-bond acceptors (Lipinski definition) is 7. The predicted octanol–water partition coefficient (Wildman–Crippen LogP) is 5.75. The second-order valence-electron chi connectivity index (χ2n) is 5.89. The Morgan fingerprint density at radius 2 is 2.14 bits per heavy atom. The molecule has 0 fully saturated rings. The Kier molecular flexibility index (Phi) is 5.66. The number of aryl methyl sites for hydroxylation is 1. The maximum absolute atomic E-state index is 13.0. The van der Waals surface area contributed by atoms with Gasteiger partial charge in [0.05, 0.1) is 28.3 Å². The second-order valence-corrected chi connectivity index (χ2v) is 10.4. The van der Waals surface area contributed by atoms with Crippen molar-refractivity contribution >= 4 is 73.6 Å². The molecule has 0 bridgehead atoms. The Balaban J connectivity index is 1.69. The van der Waals surface area contributed by atoms with E-state index in [9.17, 15) is 9.59 Å². The van der Waals surface area contributed by atoms with Gasteiger partial charge in [0.2, 0.25) is 0 Å². The number of Topliss-reactive ketones (excluding diaryl/α,β-unsaturated/α-hetero) is 1. The van der Waals surface area contributed by atoms with Gasteiger partial charge in [-0.15, -0.1) is 22.7 Å². The van der Waals surface area contributed by atoms with E-state index in [-0.39, 0.29) is 23.6 Å². The molecule has 4 rings (SSSR count). The number of thiophene rings is 2. The van der Waals surface area contributed by atoms with Crippen molar-refractivity contribution in [1.29, 1.82) is 0 Å². The number of fused-ring (bicyclic) bond motifs is 1. The van der Waals surface area contributed by atoms with E-state index in [2.05, 4.69) is 4.98 Å². The van der Waals surface area contributed by atoms with Crippen LogP contribution in [0.1, 0.15) is 21.0 Å². The first-order valence-corrected chi connectivity index (χ1v) is 11.4. The molecule has 0 aliphatic carbocycles. The molecule has 0 spiro atoms. The lowest BCUT2D eigenvalue weighted by Crippen LogP contribution is -2.23. The molecule has 4 heterocycles. The van der Waals surface area contributed by atoms with E-state index >= 15 is 0 Å². The fourth-order valence-electron chi connectivity index (χ4n) is 2.66. The number of hydrogen-bond donors (Lipinski definition) is 0. The Hall–Kier alpha value is -1.58. The zero-order chi connectivity index (χ0) is 19.8. The summed E-state index contributed by atoms with van der Waals surface area (Å²) >= 11 is 15.8. The molecule has 0 N–H and O–H groups in total. The van der Waals surface area contributed by atoms with Crippen LogP contribution in [-0.4, -0.2) is 21.1 Å². The van der Waals surface area contributed by atoms with Crippen molar-refractivity contribution < 1.29 is 9.21 Å². The lowest BCUT2D eigenvalue weighted by Gasteiger charge is -2.10. The molecule has 0 aliphatic rings. The SMILES string of the molecule is Cc1cc2c(=O)n(Cc3ccco3)c(SCC(=O)c3cc(Cl)sc3Cl)nc2s1. The molecule has 28 heavy (non-hydrogen) atoms. The summed E-state index contributed by atoms with van der Waals surface area (Å²) in [6.07, 6.45) is 1.56. The van der Waals surface area contributed by atoms with Crippen LogP contribution in [0.2, 0.25) is 8.67 Å². The van der Waals surface area contributed by atoms with Crippen LogP contribution in [0.4, 0.5) is 0 Å². The number of halogens is 2. The molecule has 0 unspecified atom stereocenters. The maximum atomic E-state index is 13.0. The minimum Gasteiger partial charge on any atom is -0.467 e. The first-order chi connectivity index (χ1) is 13.4. The lowest BCUT2D eigenvalue weighted by atomic mass is 10.2. The molecule has 144 valence electrons. The molecular formula is C18H12Cl2N2O3S3. The van der Waals surface area contributed by atoms with Gasteiger partial charge in [0.1, 0.15) is 14.9 Å². The van der Waals surface area contributed by atoms with Crippen molar-refractivity contribution in [3.8, 4) is 0 Å². The highest BCUT2D eigenvalue weighted by Gasteiger charge is 2.19. The number of thioether (sulfide) groups is 1.